The second-order valence-electron chi connectivity index (χ2n) is 8.54. The van der Waals surface area contributed by atoms with E-state index in [4.69, 9.17) is 0 Å². The van der Waals surface area contributed by atoms with Crippen LogP contribution in [0.2, 0.25) is 0 Å². The smallest absolute Gasteiger partial charge is 0.0353 e. The lowest BCUT2D eigenvalue weighted by atomic mass is 10.1. The molecule has 0 heteroatoms. The molecule has 30 heavy (non-hydrogen) atoms. The number of allylic oxidation sites excluding steroid dienone is 3. The number of rotatable bonds is 21. The Labute approximate surface area is 193 Å². The zero-order chi connectivity index (χ0) is 23.0. The largest absolute Gasteiger partial charge is 0.103 e. The van der Waals surface area contributed by atoms with E-state index < -0.39 is 0 Å². The molecule has 0 rings (SSSR count). The number of unbranched alkanes of at least 4 members (excludes halogenated alkanes) is 18. The molecule has 0 aromatic rings. The van der Waals surface area contributed by atoms with E-state index >= 15 is 0 Å². The molecule has 0 aromatic heterocycles. The minimum Gasteiger partial charge on any atom is -0.103 e. The predicted molar refractivity (Wildman–Crippen MR) is 145 cm³/mol. The van der Waals surface area contributed by atoms with Crippen LogP contribution in [0.1, 0.15) is 156 Å². The molecule has 0 aliphatic rings. The van der Waals surface area contributed by atoms with Crippen LogP contribution in [0, 0.1) is 0 Å². The average Bonchev–Trinajstić information content (AvgIpc) is 2.77. The minimum absolute atomic E-state index is 1.20. The molecule has 180 valence electrons. The van der Waals surface area contributed by atoms with Gasteiger partial charge in [0.05, 0.1) is 0 Å². The third kappa shape index (κ3) is 45.8. The van der Waals surface area contributed by atoms with E-state index in [1.807, 2.05) is 18.2 Å². The first-order valence-electron chi connectivity index (χ1n) is 13.6. The van der Waals surface area contributed by atoms with Gasteiger partial charge < -0.3 is 0 Å². The van der Waals surface area contributed by atoms with Crippen molar-refractivity contribution in [3.8, 4) is 0 Å². The molecule has 0 saturated carbocycles. The van der Waals surface area contributed by atoms with E-state index in [-0.39, 0.29) is 0 Å². The Morgan fingerprint density at radius 2 is 0.533 bits per heavy atom. The molecule has 0 unspecified atom stereocenters. The maximum absolute atomic E-state index is 3.69. The van der Waals surface area contributed by atoms with Crippen molar-refractivity contribution in [2.75, 3.05) is 0 Å². The molecule has 0 spiro atoms. The highest BCUT2D eigenvalue weighted by Crippen LogP contribution is 2.08. The molecule has 0 aliphatic carbocycles. The molecule has 0 heterocycles. The van der Waals surface area contributed by atoms with Gasteiger partial charge >= 0.3 is 0 Å². The standard InChI is InChI=1S/3C10H20/c3*1-3-5-7-9-10-8-6-4-2/h3*3H,1,4-10H2,2H3. The maximum atomic E-state index is 3.69. The van der Waals surface area contributed by atoms with E-state index in [1.54, 1.807) is 0 Å². The second kappa shape index (κ2) is 38.8. The summed E-state index contributed by atoms with van der Waals surface area (Å²) in [5.74, 6) is 0. The Hall–Kier alpha value is -0.780. The third-order valence-corrected chi connectivity index (χ3v) is 5.29. The van der Waals surface area contributed by atoms with Crippen LogP contribution in [0.4, 0.5) is 0 Å². The first-order valence-corrected chi connectivity index (χ1v) is 13.6. The first-order chi connectivity index (χ1) is 14.7. The van der Waals surface area contributed by atoms with Crippen molar-refractivity contribution in [2.45, 2.75) is 156 Å². The van der Waals surface area contributed by atoms with Crippen molar-refractivity contribution in [3.63, 3.8) is 0 Å². The van der Waals surface area contributed by atoms with Gasteiger partial charge in [0, 0.05) is 0 Å². The number of hydrogen-bond acceptors (Lipinski definition) is 0. The van der Waals surface area contributed by atoms with Crippen LogP contribution in [0.25, 0.3) is 0 Å². The summed E-state index contributed by atoms with van der Waals surface area (Å²) in [6, 6.07) is 0. The molecule has 0 N–H and O–H groups in total. The Bertz CT molecular complexity index is 241. The summed E-state index contributed by atoms with van der Waals surface area (Å²) in [7, 11) is 0. The molecule has 0 amide bonds. The summed E-state index contributed by atoms with van der Waals surface area (Å²) in [6.07, 6.45) is 34.7. The van der Waals surface area contributed by atoms with E-state index in [0.29, 0.717) is 0 Å². The predicted octanol–water partition coefficient (Wildman–Crippen LogP) is 11.8. The van der Waals surface area contributed by atoms with Crippen LogP contribution in [-0.2, 0) is 0 Å². The van der Waals surface area contributed by atoms with Gasteiger partial charge in [0.25, 0.3) is 0 Å². The third-order valence-electron chi connectivity index (χ3n) is 5.29. The van der Waals surface area contributed by atoms with Gasteiger partial charge in [-0.1, -0.05) is 135 Å². The van der Waals surface area contributed by atoms with E-state index in [0.717, 1.165) is 0 Å². The van der Waals surface area contributed by atoms with Gasteiger partial charge in [-0.25, -0.2) is 0 Å². The van der Waals surface area contributed by atoms with E-state index in [9.17, 15) is 0 Å². The van der Waals surface area contributed by atoms with Crippen LogP contribution in [0.15, 0.2) is 38.0 Å². The second-order valence-corrected chi connectivity index (χ2v) is 8.54. The molecule has 0 atom stereocenters. The summed E-state index contributed by atoms with van der Waals surface area (Å²) in [5.41, 5.74) is 0. The summed E-state index contributed by atoms with van der Waals surface area (Å²) < 4.78 is 0. The van der Waals surface area contributed by atoms with Gasteiger partial charge in [0.1, 0.15) is 0 Å². The molecule has 0 nitrogen and oxygen atoms in total. The fourth-order valence-electron chi connectivity index (χ4n) is 3.21. The van der Waals surface area contributed by atoms with Crippen LogP contribution < -0.4 is 0 Å². The Morgan fingerprint density at radius 1 is 0.333 bits per heavy atom. The molecule has 0 bridgehead atoms. The molecule has 0 radical (unpaired) electrons. The first kappa shape index (κ1) is 33.8. The summed E-state index contributed by atoms with van der Waals surface area (Å²) in [5, 5.41) is 0. The van der Waals surface area contributed by atoms with E-state index in [1.165, 1.54) is 135 Å². The van der Waals surface area contributed by atoms with Crippen LogP contribution in [-0.4, -0.2) is 0 Å². The van der Waals surface area contributed by atoms with Gasteiger partial charge in [-0.3, -0.25) is 0 Å². The van der Waals surface area contributed by atoms with Crippen molar-refractivity contribution < 1.29 is 0 Å². The minimum atomic E-state index is 1.20. The Kier molecular flexibility index (Phi) is 43.8. The number of hydrogen-bond donors (Lipinski definition) is 0. The van der Waals surface area contributed by atoms with Crippen LogP contribution >= 0.6 is 0 Å². The van der Waals surface area contributed by atoms with Gasteiger partial charge in [0.2, 0.25) is 0 Å². The highest BCUT2D eigenvalue weighted by molar-refractivity contribution is 4.66. The van der Waals surface area contributed by atoms with Crippen molar-refractivity contribution in [3.05, 3.63) is 38.0 Å². The lowest BCUT2D eigenvalue weighted by Crippen LogP contribution is -1.76. The summed E-state index contributed by atoms with van der Waals surface area (Å²) in [4.78, 5) is 0. The molecular weight excluding hydrogens is 360 g/mol. The molecular formula is C30H60. The van der Waals surface area contributed by atoms with Crippen molar-refractivity contribution >= 4 is 0 Å². The van der Waals surface area contributed by atoms with Crippen molar-refractivity contribution in [2.24, 2.45) is 0 Å². The van der Waals surface area contributed by atoms with Gasteiger partial charge in [-0.2, -0.15) is 0 Å². The zero-order valence-corrected chi connectivity index (χ0v) is 21.7. The SMILES string of the molecule is C=CCCCCCCCC.C=CCCCCCCCC.C=CCCCCCCCC. The fraction of sp³-hybridized carbons (Fsp3) is 0.800. The summed E-state index contributed by atoms with van der Waals surface area (Å²) >= 11 is 0. The van der Waals surface area contributed by atoms with E-state index in [2.05, 4.69) is 40.5 Å². The van der Waals surface area contributed by atoms with Gasteiger partial charge in [0.15, 0.2) is 0 Å². The topological polar surface area (TPSA) is 0 Å². The van der Waals surface area contributed by atoms with Gasteiger partial charge in [-0.15, -0.1) is 19.7 Å². The lowest BCUT2D eigenvalue weighted by molar-refractivity contribution is 0.611. The lowest BCUT2D eigenvalue weighted by Gasteiger charge is -1.96. The Morgan fingerprint density at radius 3 is 0.733 bits per heavy atom. The molecule has 0 aromatic carbocycles. The quantitative estimate of drug-likeness (QED) is 0.128. The summed E-state index contributed by atoms with van der Waals surface area (Å²) in [6.45, 7) is 17.8. The molecule has 0 fully saturated rings. The van der Waals surface area contributed by atoms with Crippen molar-refractivity contribution in [1.29, 1.82) is 0 Å². The normalized spacial score (nSPS) is 9.70. The van der Waals surface area contributed by atoms with Crippen molar-refractivity contribution in [1.82, 2.24) is 0 Å². The fourth-order valence-corrected chi connectivity index (χ4v) is 3.21. The van der Waals surface area contributed by atoms with Crippen LogP contribution in [0.5, 0.6) is 0 Å². The van der Waals surface area contributed by atoms with Gasteiger partial charge in [-0.05, 0) is 38.5 Å². The zero-order valence-electron chi connectivity index (χ0n) is 21.7. The molecule has 0 aliphatic heterocycles. The maximum Gasteiger partial charge on any atom is -0.0353 e. The highest BCUT2D eigenvalue weighted by atomic mass is 13.9. The van der Waals surface area contributed by atoms with Crippen LogP contribution in [0.3, 0.4) is 0 Å². The molecule has 0 saturated heterocycles. The average molecular weight is 421 g/mol. The monoisotopic (exact) mass is 420 g/mol. The Balaban J connectivity index is -0.000000364. The highest BCUT2D eigenvalue weighted by Gasteiger charge is 1.88.